The molecule has 0 N–H and O–H groups in total. The number of rotatable bonds is 4. The summed E-state index contributed by atoms with van der Waals surface area (Å²) in [5, 5.41) is 0. The smallest absolute Gasteiger partial charge is 0.231 e. The summed E-state index contributed by atoms with van der Waals surface area (Å²) in [6.45, 7) is 0. The molecule has 118 valence electrons. The van der Waals surface area contributed by atoms with E-state index in [0.717, 1.165) is 5.56 Å². The Balaban J connectivity index is 1.94. The predicted molar refractivity (Wildman–Crippen MR) is 85.5 cm³/mol. The summed E-state index contributed by atoms with van der Waals surface area (Å²) in [6, 6.07) is 10.5. The van der Waals surface area contributed by atoms with E-state index in [9.17, 15) is 4.79 Å². The Bertz CT molecular complexity index is 792. The van der Waals surface area contributed by atoms with Crippen LogP contribution >= 0.6 is 0 Å². The number of hydrogen-bond donors (Lipinski definition) is 0. The van der Waals surface area contributed by atoms with Crippen LogP contribution < -0.4 is 18.9 Å². The van der Waals surface area contributed by atoms with Crippen molar-refractivity contribution in [3.05, 3.63) is 53.3 Å². The summed E-state index contributed by atoms with van der Waals surface area (Å²) in [4.78, 5) is 12.4. The highest BCUT2D eigenvalue weighted by molar-refractivity contribution is 6.14. The lowest BCUT2D eigenvalue weighted by Crippen LogP contribution is -1.98. The zero-order valence-corrected chi connectivity index (χ0v) is 13.1. The quantitative estimate of drug-likeness (QED) is 0.811. The molecule has 3 rings (SSSR count). The van der Waals surface area contributed by atoms with Gasteiger partial charge in [0.2, 0.25) is 5.78 Å². The molecule has 0 saturated carbocycles. The van der Waals surface area contributed by atoms with Gasteiger partial charge in [-0.2, -0.15) is 0 Å². The third-order valence-corrected chi connectivity index (χ3v) is 3.58. The van der Waals surface area contributed by atoms with Crippen LogP contribution in [-0.2, 0) is 0 Å². The van der Waals surface area contributed by atoms with Crippen LogP contribution in [0.2, 0.25) is 0 Å². The number of ketones is 1. The van der Waals surface area contributed by atoms with Gasteiger partial charge in [-0.15, -0.1) is 0 Å². The molecule has 0 unspecified atom stereocenters. The molecular weight excluding hydrogens is 296 g/mol. The lowest BCUT2D eigenvalue weighted by atomic mass is 10.1. The van der Waals surface area contributed by atoms with Crippen LogP contribution in [0.3, 0.4) is 0 Å². The molecule has 1 aliphatic rings. The average molecular weight is 312 g/mol. The van der Waals surface area contributed by atoms with Gasteiger partial charge in [0, 0.05) is 6.07 Å². The molecule has 0 aromatic heterocycles. The minimum atomic E-state index is -0.155. The molecule has 0 amide bonds. The van der Waals surface area contributed by atoms with E-state index in [1.165, 1.54) is 0 Å². The van der Waals surface area contributed by atoms with Crippen molar-refractivity contribution < 1.29 is 23.7 Å². The van der Waals surface area contributed by atoms with E-state index in [1.807, 2.05) is 6.07 Å². The largest absolute Gasteiger partial charge is 0.497 e. The number of fused-ring (bicyclic) bond motifs is 1. The number of ether oxygens (including phenoxy) is 4. The minimum Gasteiger partial charge on any atom is -0.497 e. The molecule has 2 aromatic carbocycles. The molecule has 0 fully saturated rings. The SMILES string of the molecule is COc1ccc2c(c1)O/C(=C\c1ccc(OC)c(OC)c1)C2=O. The van der Waals surface area contributed by atoms with Gasteiger partial charge >= 0.3 is 0 Å². The van der Waals surface area contributed by atoms with Gasteiger partial charge in [-0.3, -0.25) is 4.79 Å². The minimum absolute atomic E-state index is 0.155. The highest BCUT2D eigenvalue weighted by atomic mass is 16.5. The van der Waals surface area contributed by atoms with Gasteiger partial charge in [-0.1, -0.05) is 6.07 Å². The second-order valence-electron chi connectivity index (χ2n) is 4.92. The maximum absolute atomic E-state index is 12.4. The first-order chi connectivity index (χ1) is 11.2. The van der Waals surface area contributed by atoms with Gasteiger partial charge in [0.05, 0.1) is 26.9 Å². The fourth-order valence-electron chi connectivity index (χ4n) is 2.39. The summed E-state index contributed by atoms with van der Waals surface area (Å²) < 4.78 is 21.3. The number of benzene rings is 2. The average Bonchev–Trinajstić information content (AvgIpc) is 2.89. The molecule has 0 bridgehead atoms. The third kappa shape index (κ3) is 2.73. The lowest BCUT2D eigenvalue weighted by molar-refractivity contribution is 0.101. The summed E-state index contributed by atoms with van der Waals surface area (Å²) in [6.07, 6.45) is 1.68. The predicted octanol–water partition coefficient (Wildman–Crippen LogP) is 3.33. The molecule has 0 spiro atoms. The van der Waals surface area contributed by atoms with Crippen LogP contribution in [0, 0.1) is 0 Å². The molecule has 0 aliphatic carbocycles. The number of hydrogen-bond acceptors (Lipinski definition) is 5. The Hall–Kier alpha value is -2.95. The van der Waals surface area contributed by atoms with Crippen LogP contribution in [0.5, 0.6) is 23.0 Å². The van der Waals surface area contributed by atoms with E-state index < -0.39 is 0 Å². The zero-order valence-electron chi connectivity index (χ0n) is 13.1. The molecule has 1 aliphatic heterocycles. The molecule has 2 aromatic rings. The van der Waals surface area contributed by atoms with E-state index in [4.69, 9.17) is 18.9 Å². The van der Waals surface area contributed by atoms with E-state index in [2.05, 4.69) is 0 Å². The lowest BCUT2D eigenvalue weighted by Gasteiger charge is -2.08. The molecule has 23 heavy (non-hydrogen) atoms. The van der Waals surface area contributed by atoms with Crippen LogP contribution in [0.1, 0.15) is 15.9 Å². The zero-order chi connectivity index (χ0) is 16.4. The van der Waals surface area contributed by atoms with Crippen molar-refractivity contribution in [3.63, 3.8) is 0 Å². The van der Waals surface area contributed by atoms with Gasteiger partial charge in [0.25, 0.3) is 0 Å². The molecule has 0 atom stereocenters. The van der Waals surface area contributed by atoms with E-state index in [0.29, 0.717) is 28.6 Å². The van der Waals surface area contributed by atoms with Crippen molar-refractivity contribution in [2.45, 2.75) is 0 Å². The van der Waals surface area contributed by atoms with Crippen LogP contribution in [0.15, 0.2) is 42.2 Å². The number of carbonyl (C=O) groups is 1. The Morgan fingerprint density at radius 3 is 2.39 bits per heavy atom. The molecule has 1 heterocycles. The summed E-state index contributed by atoms with van der Waals surface area (Å²) >= 11 is 0. The molecular formula is C18H16O5. The second kappa shape index (κ2) is 6.04. The maximum atomic E-state index is 12.4. The highest BCUT2D eigenvalue weighted by Crippen LogP contribution is 2.35. The second-order valence-corrected chi connectivity index (χ2v) is 4.92. The van der Waals surface area contributed by atoms with Gasteiger partial charge in [-0.05, 0) is 35.9 Å². The van der Waals surface area contributed by atoms with Gasteiger partial charge in [-0.25, -0.2) is 0 Å². The van der Waals surface area contributed by atoms with Crippen molar-refractivity contribution in [1.29, 1.82) is 0 Å². The van der Waals surface area contributed by atoms with Crippen molar-refractivity contribution in [3.8, 4) is 23.0 Å². The Morgan fingerprint density at radius 1 is 0.913 bits per heavy atom. The molecule has 5 heteroatoms. The van der Waals surface area contributed by atoms with Gasteiger partial charge in [0.15, 0.2) is 17.3 Å². The van der Waals surface area contributed by atoms with E-state index in [1.54, 1.807) is 57.7 Å². The van der Waals surface area contributed by atoms with E-state index >= 15 is 0 Å². The first-order valence-corrected chi connectivity index (χ1v) is 7.00. The van der Waals surface area contributed by atoms with E-state index in [-0.39, 0.29) is 11.5 Å². The summed E-state index contributed by atoms with van der Waals surface area (Å²) in [7, 11) is 4.70. The Labute approximate surface area is 134 Å². The van der Waals surface area contributed by atoms with Crippen molar-refractivity contribution in [1.82, 2.24) is 0 Å². The normalized spacial score (nSPS) is 14.4. The van der Waals surface area contributed by atoms with Crippen molar-refractivity contribution >= 4 is 11.9 Å². The Kier molecular flexibility index (Phi) is 3.93. The monoisotopic (exact) mass is 312 g/mol. The third-order valence-electron chi connectivity index (χ3n) is 3.58. The number of carbonyl (C=O) groups excluding carboxylic acids is 1. The van der Waals surface area contributed by atoms with Crippen LogP contribution in [0.25, 0.3) is 6.08 Å². The fourth-order valence-corrected chi connectivity index (χ4v) is 2.39. The first kappa shape index (κ1) is 15.0. The summed E-state index contributed by atoms with van der Waals surface area (Å²) in [5.74, 6) is 2.47. The van der Waals surface area contributed by atoms with Crippen molar-refractivity contribution in [2.24, 2.45) is 0 Å². The van der Waals surface area contributed by atoms with Crippen LogP contribution in [-0.4, -0.2) is 27.1 Å². The number of methoxy groups -OCH3 is 3. The number of Topliss-reactive ketones (excluding diaryl/α,β-unsaturated/α-hetero) is 1. The highest BCUT2D eigenvalue weighted by Gasteiger charge is 2.27. The maximum Gasteiger partial charge on any atom is 0.231 e. The van der Waals surface area contributed by atoms with Crippen LogP contribution in [0.4, 0.5) is 0 Å². The molecule has 5 nitrogen and oxygen atoms in total. The Morgan fingerprint density at radius 2 is 1.70 bits per heavy atom. The van der Waals surface area contributed by atoms with Crippen molar-refractivity contribution in [2.75, 3.05) is 21.3 Å². The molecule has 0 radical (unpaired) electrons. The standard InChI is InChI=1S/C18H16O5/c1-20-12-5-6-13-15(10-12)23-17(18(13)19)9-11-4-7-14(21-2)16(8-11)22-3/h4-10H,1-3H3/b17-9-. The summed E-state index contributed by atoms with van der Waals surface area (Å²) in [5.41, 5.74) is 1.31. The fraction of sp³-hybridized carbons (Fsp3) is 0.167. The molecule has 0 saturated heterocycles. The van der Waals surface area contributed by atoms with Gasteiger partial charge < -0.3 is 18.9 Å². The van der Waals surface area contributed by atoms with Gasteiger partial charge in [0.1, 0.15) is 11.5 Å². The first-order valence-electron chi connectivity index (χ1n) is 7.00. The topological polar surface area (TPSA) is 54.0 Å². The number of allylic oxidation sites excluding steroid dienone is 1.